The molecule has 0 aliphatic heterocycles. The maximum atomic E-state index is 8.97. The normalized spacial score (nSPS) is 7.43. The van der Waals surface area contributed by atoms with Crippen molar-refractivity contribution in [3.63, 3.8) is 0 Å². The molecule has 1 radical (unpaired) electrons. The summed E-state index contributed by atoms with van der Waals surface area (Å²) in [6.45, 7) is 4.10. The Morgan fingerprint density at radius 3 is 2.00 bits per heavy atom. The topological polar surface area (TPSA) is 20.2 Å². The fourth-order valence-corrected chi connectivity index (χ4v) is 0.904. The van der Waals surface area contributed by atoms with Crippen LogP contribution in [0, 0.1) is 12.8 Å². The summed E-state index contributed by atoms with van der Waals surface area (Å²) in [4.78, 5) is 0. The van der Waals surface area contributed by atoms with Crippen LogP contribution in [-0.2, 0) is 32.7 Å². The molecule has 0 aromatic heterocycles. The third kappa shape index (κ3) is 6.89. The minimum absolute atomic E-state index is 0. The SMILES string of the molecule is CC(C)=Cc1ccc(O)cc1.[C-]#C.[Y]. The van der Waals surface area contributed by atoms with Gasteiger partial charge in [0.15, 0.2) is 0 Å². The van der Waals surface area contributed by atoms with Crippen molar-refractivity contribution in [3.8, 4) is 12.2 Å². The van der Waals surface area contributed by atoms with Crippen molar-refractivity contribution < 1.29 is 37.8 Å². The predicted octanol–water partition coefficient (Wildman–Crippen LogP) is 3.02. The van der Waals surface area contributed by atoms with E-state index in [1.54, 1.807) is 12.1 Å². The molecule has 1 aromatic rings. The van der Waals surface area contributed by atoms with Crippen LogP contribution in [0.15, 0.2) is 29.8 Å². The Balaban J connectivity index is 0. The first-order valence-corrected chi connectivity index (χ1v) is 3.91. The van der Waals surface area contributed by atoms with Gasteiger partial charge in [-0.05, 0) is 31.5 Å². The second-order valence-electron chi connectivity index (χ2n) is 2.81. The summed E-state index contributed by atoms with van der Waals surface area (Å²) < 4.78 is 0. The third-order valence-corrected chi connectivity index (χ3v) is 1.35. The van der Waals surface area contributed by atoms with E-state index in [4.69, 9.17) is 11.5 Å². The standard InChI is InChI=1S/C10H12O.C2H.Y/c1-8(2)7-9-3-5-10(11)6-4-9;1-2;/h3-7,11H,1-2H3;1H;/q;-1;. The quantitative estimate of drug-likeness (QED) is 0.609. The average molecular weight is 262 g/mol. The van der Waals surface area contributed by atoms with Gasteiger partial charge in [-0.2, -0.15) is 0 Å². The van der Waals surface area contributed by atoms with Gasteiger partial charge in [0.05, 0.1) is 0 Å². The maximum Gasteiger partial charge on any atom is 0.115 e. The van der Waals surface area contributed by atoms with Gasteiger partial charge in [0, 0.05) is 32.7 Å². The number of phenols is 1. The molecule has 1 N–H and O–H groups in total. The molecular formula is C12H13OY-. The molecule has 71 valence electrons. The molecule has 0 amide bonds. The fraction of sp³-hybridized carbons (Fsp3) is 0.167. The Labute approximate surface area is 111 Å². The molecule has 14 heavy (non-hydrogen) atoms. The molecule has 1 nitrogen and oxygen atoms in total. The van der Waals surface area contributed by atoms with Gasteiger partial charge in [0.25, 0.3) is 0 Å². The van der Waals surface area contributed by atoms with Gasteiger partial charge in [-0.25, -0.2) is 0 Å². The Kier molecular flexibility index (Phi) is 10.2. The van der Waals surface area contributed by atoms with Crippen molar-refractivity contribution >= 4 is 6.08 Å². The van der Waals surface area contributed by atoms with Gasteiger partial charge in [0.2, 0.25) is 0 Å². The van der Waals surface area contributed by atoms with Crippen LogP contribution in [-0.4, -0.2) is 5.11 Å². The molecule has 0 saturated heterocycles. The molecule has 1 aromatic carbocycles. The van der Waals surface area contributed by atoms with E-state index in [1.807, 2.05) is 26.0 Å². The number of benzene rings is 1. The first kappa shape index (κ1) is 15.9. The minimum Gasteiger partial charge on any atom is -0.697 e. The molecule has 0 fully saturated rings. The van der Waals surface area contributed by atoms with E-state index >= 15 is 0 Å². The van der Waals surface area contributed by atoms with E-state index in [9.17, 15) is 0 Å². The first-order chi connectivity index (χ1) is 6.18. The molecule has 0 saturated carbocycles. The summed E-state index contributed by atoms with van der Waals surface area (Å²) >= 11 is 0. The number of allylic oxidation sites excluding steroid dienone is 1. The van der Waals surface area contributed by atoms with Crippen molar-refractivity contribution in [1.29, 1.82) is 0 Å². The molecule has 0 heterocycles. The average Bonchev–Trinajstić information content (AvgIpc) is 2.12. The Hall–Kier alpha value is -0.576. The summed E-state index contributed by atoms with van der Waals surface area (Å²) in [6, 6.07) is 7.16. The van der Waals surface area contributed by atoms with Gasteiger partial charge in [-0.1, -0.05) is 23.8 Å². The number of aromatic hydroxyl groups is 1. The number of phenolic OH excluding ortho intramolecular Hbond substituents is 1. The molecule has 0 atom stereocenters. The Bertz CT molecular complexity index is 292. The summed E-state index contributed by atoms with van der Waals surface area (Å²) in [6.07, 6.45) is 11.1. The molecule has 0 aliphatic carbocycles. The van der Waals surface area contributed by atoms with Crippen molar-refractivity contribution in [2.24, 2.45) is 0 Å². The zero-order chi connectivity index (χ0) is 10.3. The number of hydrogen-bond acceptors (Lipinski definition) is 1. The molecule has 0 bridgehead atoms. The summed E-state index contributed by atoms with van der Waals surface area (Å²) in [5, 5.41) is 8.97. The van der Waals surface area contributed by atoms with Crippen LogP contribution >= 0.6 is 0 Å². The number of terminal acetylenes is 1. The molecule has 2 heteroatoms. The van der Waals surface area contributed by atoms with Crippen molar-refractivity contribution in [1.82, 2.24) is 0 Å². The molecular weight excluding hydrogens is 249 g/mol. The molecule has 0 spiro atoms. The molecule has 0 aliphatic rings. The molecule has 0 unspecified atom stereocenters. The smallest absolute Gasteiger partial charge is 0.115 e. The zero-order valence-corrected chi connectivity index (χ0v) is 11.3. The van der Waals surface area contributed by atoms with Gasteiger partial charge < -0.3 is 18.0 Å². The van der Waals surface area contributed by atoms with E-state index in [-0.39, 0.29) is 32.7 Å². The monoisotopic (exact) mass is 262 g/mol. The maximum absolute atomic E-state index is 8.97. The first-order valence-electron chi connectivity index (χ1n) is 3.91. The van der Waals surface area contributed by atoms with Crippen LogP contribution in [0.5, 0.6) is 5.75 Å². The van der Waals surface area contributed by atoms with Crippen LogP contribution < -0.4 is 0 Å². The number of hydrogen-bond donors (Lipinski definition) is 1. The van der Waals surface area contributed by atoms with Gasteiger partial charge in [0.1, 0.15) is 5.75 Å². The van der Waals surface area contributed by atoms with Crippen LogP contribution in [0.25, 0.3) is 6.08 Å². The third-order valence-electron chi connectivity index (χ3n) is 1.35. The van der Waals surface area contributed by atoms with Crippen LogP contribution in [0.1, 0.15) is 19.4 Å². The van der Waals surface area contributed by atoms with Crippen molar-refractivity contribution in [2.75, 3.05) is 0 Å². The second-order valence-corrected chi connectivity index (χ2v) is 2.81. The summed E-state index contributed by atoms with van der Waals surface area (Å²) in [5.74, 6) is 0.316. The van der Waals surface area contributed by atoms with E-state index in [1.165, 1.54) is 5.57 Å². The number of rotatable bonds is 1. The van der Waals surface area contributed by atoms with Crippen LogP contribution in [0.2, 0.25) is 0 Å². The van der Waals surface area contributed by atoms with Crippen molar-refractivity contribution in [3.05, 3.63) is 41.8 Å². The van der Waals surface area contributed by atoms with Gasteiger partial charge in [-0.3, -0.25) is 0 Å². The van der Waals surface area contributed by atoms with Crippen LogP contribution in [0.3, 0.4) is 0 Å². The fourth-order valence-electron chi connectivity index (χ4n) is 0.904. The molecule has 1 rings (SSSR count). The van der Waals surface area contributed by atoms with E-state index in [0.717, 1.165) is 5.56 Å². The summed E-state index contributed by atoms with van der Waals surface area (Å²) in [7, 11) is 0. The summed E-state index contributed by atoms with van der Waals surface area (Å²) in [5.41, 5.74) is 2.39. The van der Waals surface area contributed by atoms with Crippen molar-refractivity contribution in [2.45, 2.75) is 13.8 Å². The largest absolute Gasteiger partial charge is 0.697 e. The minimum atomic E-state index is 0. The van der Waals surface area contributed by atoms with E-state index in [2.05, 4.69) is 12.5 Å². The van der Waals surface area contributed by atoms with E-state index < -0.39 is 0 Å². The Morgan fingerprint density at radius 2 is 1.64 bits per heavy atom. The van der Waals surface area contributed by atoms with Gasteiger partial charge >= 0.3 is 0 Å². The zero-order valence-electron chi connectivity index (χ0n) is 8.49. The van der Waals surface area contributed by atoms with Gasteiger partial charge in [-0.15, -0.1) is 0 Å². The Morgan fingerprint density at radius 1 is 1.21 bits per heavy atom. The second kappa shape index (κ2) is 9.00. The van der Waals surface area contributed by atoms with E-state index in [0.29, 0.717) is 5.75 Å². The predicted molar refractivity (Wildman–Crippen MR) is 55.6 cm³/mol. The van der Waals surface area contributed by atoms with Crippen LogP contribution in [0.4, 0.5) is 0 Å².